The summed E-state index contributed by atoms with van der Waals surface area (Å²) < 4.78 is 1.80. The second kappa shape index (κ2) is 6.42. The van der Waals surface area contributed by atoms with Crippen molar-refractivity contribution in [1.82, 2.24) is 20.1 Å². The van der Waals surface area contributed by atoms with E-state index in [4.69, 9.17) is 0 Å². The largest absolute Gasteiger partial charge is 0.305 e. The Labute approximate surface area is 134 Å². The second-order valence-electron chi connectivity index (χ2n) is 5.53. The maximum atomic E-state index is 4.65. The molecule has 3 rings (SSSR count). The first-order valence-electron chi connectivity index (χ1n) is 7.36. The molecule has 0 saturated carbocycles. The first-order valence-corrected chi connectivity index (χ1v) is 8.24. The van der Waals surface area contributed by atoms with E-state index in [1.54, 1.807) is 16.0 Å². The van der Waals surface area contributed by atoms with E-state index in [1.807, 2.05) is 19.3 Å². The van der Waals surface area contributed by atoms with Crippen LogP contribution in [0.2, 0.25) is 0 Å². The zero-order chi connectivity index (χ0) is 15.5. The maximum absolute atomic E-state index is 4.65. The molecule has 0 aliphatic carbocycles. The standard InChI is InChI=1S/C17H20N4S/c1-12-4-6-14(7-5-12)13(2)18-10-15-11-22-17(19-15)16-8-9-21(3)20-16/h4-9,11,13,18H,10H2,1-3H3. The predicted octanol–water partition coefficient (Wildman–Crippen LogP) is 3.70. The van der Waals surface area contributed by atoms with Gasteiger partial charge in [0.1, 0.15) is 10.7 Å². The van der Waals surface area contributed by atoms with Gasteiger partial charge in [-0.2, -0.15) is 5.10 Å². The van der Waals surface area contributed by atoms with Crippen LogP contribution in [0.3, 0.4) is 0 Å². The molecule has 0 radical (unpaired) electrons. The van der Waals surface area contributed by atoms with Crippen molar-refractivity contribution in [2.45, 2.75) is 26.4 Å². The lowest BCUT2D eigenvalue weighted by Crippen LogP contribution is -2.18. The monoisotopic (exact) mass is 312 g/mol. The SMILES string of the molecule is Cc1ccc(C(C)NCc2csc(-c3ccn(C)n3)n2)cc1. The van der Waals surface area contributed by atoms with Crippen LogP contribution in [-0.4, -0.2) is 14.8 Å². The van der Waals surface area contributed by atoms with Crippen LogP contribution in [0.25, 0.3) is 10.7 Å². The highest BCUT2D eigenvalue weighted by atomic mass is 32.1. The fraction of sp³-hybridized carbons (Fsp3) is 0.294. The molecule has 1 N–H and O–H groups in total. The minimum atomic E-state index is 0.306. The summed E-state index contributed by atoms with van der Waals surface area (Å²) >= 11 is 1.64. The average molecular weight is 312 g/mol. The molecular weight excluding hydrogens is 292 g/mol. The van der Waals surface area contributed by atoms with E-state index in [-0.39, 0.29) is 0 Å². The highest BCUT2D eigenvalue weighted by Crippen LogP contribution is 2.22. The van der Waals surface area contributed by atoms with E-state index in [0.29, 0.717) is 6.04 Å². The Hall–Kier alpha value is -1.98. The molecule has 0 fully saturated rings. The van der Waals surface area contributed by atoms with Gasteiger partial charge in [-0.05, 0) is 25.5 Å². The Morgan fingerprint density at radius 1 is 1.23 bits per heavy atom. The van der Waals surface area contributed by atoms with Crippen LogP contribution < -0.4 is 5.32 Å². The molecule has 1 unspecified atom stereocenters. The number of aromatic nitrogens is 3. The predicted molar refractivity (Wildman–Crippen MR) is 90.7 cm³/mol. The van der Waals surface area contributed by atoms with E-state index in [9.17, 15) is 0 Å². The van der Waals surface area contributed by atoms with E-state index < -0.39 is 0 Å². The zero-order valence-electron chi connectivity index (χ0n) is 13.1. The van der Waals surface area contributed by atoms with Gasteiger partial charge >= 0.3 is 0 Å². The lowest BCUT2D eigenvalue weighted by Gasteiger charge is -2.13. The molecule has 114 valence electrons. The van der Waals surface area contributed by atoms with Crippen molar-refractivity contribution in [2.75, 3.05) is 0 Å². The molecule has 2 heterocycles. The third-order valence-corrected chi connectivity index (χ3v) is 4.56. The minimum Gasteiger partial charge on any atom is -0.305 e. The molecule has 0 aliphatic heterocycles. The van der Waals surface area contributed by atoms with Crippen LogP contribution in [-0.2, 0) is 13.6 Å². The van der Waals surface area contributed by atoms with Crippen molar-refractivity contribution in [1.29, 1.82) is 0 Å². The fourth-order valence-corrected chi connectivity index (χ4v) is 3.05. The molecule has 0 aliphatic rings. The molecule has 3 aromatic rings. The smallest absolute Gasteiger partial charge is 0.144 e. The number of hydrogen-bond acceptors (Lipinski definition) is 4. The highest BCUT2D eigenvalue weighted by Gasteiger charge is 2.09. The number of benzene rings is 1. The van der Waals surface area contributed by atoms with Crippen LogP contribution in [0.1, 0.15) is 29.8 Å². The van der Waals surface area contributed by atoms with Gasteiger partial charge < -0.3 is 5.32 Å². The highest BCUT2D eigenvalue weighted by molar-refractivity contribution is 7.13. The molecule has 5 heteroatoms. The molecule has 0 amide bonds. The molecular formula is C17H20N4S. The molecule has 1 atom stereocenters. The van der Waals surface area contributed by atoms with E-state index in [2.05, 4.69) is 58.9 Å². The van der Waals surface area contributed by atoms with Crippen molar-refractivity contribution in [2.24, 2.45) is 7.05 Å². The van der Waals surface area contributed by atoms with Crippen molar-refractivity contribution in [3.8, 4) is 10.7 Å². The van der Waals surface area contributed by atoms with Gasteiger partial charge in [-0.3, -0.25) is 4.68 Å². The third-order valence-electron chi connectivity index (χ3n) is 3.65. The van der Waals surface area contributed by atoms with E-state index >= 15 is 0 Å². The third kappa shape index (κ3) is 3.43. The van der Waals surface area contributed by atoms with Crippen LogP contribution in [0, 0.1) is 6.92 Å². The quantitative estimate of drug-likeness (QED) is 0.781. The molecule has 22 heavy (non-hydrogen) atoms. The van der Waals surface area contributed by atoms with Gasteiger partial charge in [0.15, 0.2) is 0 Å². The van der Waals surface area contributed by atoms with Gasteiger partial charge in [-0.1, -0.05) is 29.8 Å². The summed E-state index contributed by atoms with van der Waals surface area (Å²) in [5, 5.41) is 11.0. The molecule has 1 aromatic carbocycles. The summed E-state index contributed by atoms with van der Waals surface area (Å²) in [6.07, 6.45) is 1.94. The van der Waals surface area contributed by atoms with E-state index in [1.165, 1.54) is 11.1 Å². The fourth-order valence-electron chi connectivity index (χ4n) is 2.27. The van der Waals surface area contributed by atoms with Crippen LogP contribution in [0.5, 0.6) is 0 Å². The van der Waals surface area contributed by atoms with Gasteiger partial charge in [-0.25, -0.2) is 4.98 Å². The van der Waals surface area contributed by atoms with Crippen molar-refractivity contribution >= 4 is 11.3 Å². The average Bonchev–Trinajstić information content (AvgIpc) is 3.14. The summed E-state index contributed by atoms with van der Waals surface area (Å²) in [7, 11) is 1.92. The Bertz CT molecular complexity index is 742. The normalized spacial score (nSPS) is 12.5. The number of aryl methyl sites for hydroxylation is 2. The molecule has 0 bridgehead atoms. The number of thiazole rings is 1. The van der Waals surface area contributed by atoms with Crippen LogP contribution in [0.4, 0.5) is 0 Å². The molecule has 2 aromatic heterocycles. The Kier molecular flexibility index (Phi) is 4.36. The van der Waals surface area contributed by atoms with Crippen LogP contribution in [0.15, 0.2) is 41.9 Å². The van der Waals surface area contributed by atoms with Crippen LogP contribution >= 0.6 is 11.3 Å². The number of nitrogens with one attached hydrogen (secondary N) is 1. The van der Waals surface area contributed by atoms with Crippen molar-refractivity contribution in [3.05, 3.63) is 58.7 Å². The molecule has 4 nitrogen and oxygen atoms in total. The molecule has 0 saturated heterocycles. The zero-order valence-corrected chi connectivity index (χ0v) is 13.9. The van der Waals surface area contributed by atoms with Gasteiger partial charge in [0.05, 0.1) is 5.69 Å². The number of nitrogens with zero attached hydrogens (tertiary/aromatic N) is 3. The van der Waals surface area contributed by atoms with Gasteiger partial charge in [0.25, 0.3) is 0 Å². The second-order valence-corrected chi connectivity index (χ2v) is 6.39. The first-order chi connectivity index (χ1) is 10.6. The summed E-state index contributed by atoms with van der Waals surface area (Å²) in [4.78, 5) is 4.65. The lowest BCUT2D eigenvalue weighted by molar-refractivity contribution is 0.569. The van der Waals surface area contributed by atoms with Crippen molar-refractivity contribution in [3.63, 3.8) is 0 Å². The van der Waals surface area contributed by atoms with Crippen molar-refractivity contribution < 1.29 is 0 Å². The summed E-state index contributed by atoms with van der Waals surface area (Å²) in [6.45, 7) is 5.05. The summed E-state index contributed by atoms with van der Waals surface area (Å²) in [5.74, 6) is 0. The Morgan fingerprint density at radius 3 is 2.68 bits per heavy atom. The lowest BCUT2D eigenvalue weighted by atomic mass is 10.1. The molecule has 0 spiro atoms. The van der Waals surface area contributed by atoms with E-state index in [0.717, 1.165) is 22.9 Å². The summed E-state index contributed by atoms with van der Waals surface area (Å²) in [5.41, 5.74) is 4.58. The maximum Gasteiger partial charge on any atom is 0.144 e. The topological polar surface area (TPSA) is 42.7 Å². The first kappa shape index (κ1) is 14.9. The van der Waals surface area contributed by atoms with Gasteiger partial charge in [0, 0.05) is 31.2 Å². The number of rotatable bonds is 5. The summed E-state index contributed by atoms with van der Waals surface area (Å²) in [6, 6.07) is 10.9. The minimum absolute atomic E-state index is 0.306. The Morgan fingerprint density at radius 2 is 2.00 bits per heavy atom. The van der Waals surface area contributed by atoms with Gasteiger partial charge in [0.2, 0.25) is 0 Å². The Balaban J connectivity index is 1.62. The number of hydrogen-bond donors (Lipinski definition) is 1. The van der Waals surface area contributed by atoms with Gasteiger partial charge in [-0.15, -0.1) is 11.3 Å².